The van der Waals surface area contributed by atoms with Crippen molar-refractivity contribution in [1.29, 1.82) is 0 Å². The van der Waals surface area contributed by atoms with E-state index in [4.69, 9.17) is 33.5 Å². The van der Waals surface area contributed by atoms with Crippen molar-refractivity contribution in [3.05, 3.63) is 6.33 Å². The number of aromatic nitrogens is 4. The quantitative estimate of drug-likeness (QED) is 0.234. The fourth-order valence-corrected chi connectivity index (χ4v) is 4.51. The molecule has 0 bridgehead atoms. The summed E-state index contributed by atoms with van der Waals surface area (Å²) in [6.07, 6.45) is 2.64. The minimum absolute atomic E-state index is 0.0348. The number of fused-ring (bicyclic) bond motifs is 1. The second kappa shape index (κ2) is 12.4. The number of imidazole rings is 1. The Balaban J connectivity index is 1.61. The number of nitrogens with two attached hydrogens (primary N) is 1. The van der Waals surface area contributed by atoms with Crippen molar-refractivity contribution < 1.29 is 41.9 Å². The first-order valence-corrected chi connectivity index (χ1v) is 12.7. The number of carbonyl (C=O) groups excluding carboxylic acids is 2. The normalized spacial score (nSPS) is 19.5. The smallest absolute Gasteiger partial charge is 0.463 e. The Morgan fingerprint density at radius 2 is 1.94 bits per heavy atom. The zero-order valence-corrected chi connectivity index (χ0v) is 20.8. The van der Waals surface area contributed by atoms with Crippen LogP contribution in [-0.2, 0) is 37.2 Å². The van der Waals surface area contributed by atoms with E-state index in [1.165, 1.54) is 13.3 Å². The summed E-state index contributed by atoms with van der Waals surface area (Å²) in [5.41, 5.74) is 6.38. The molecule has 3 atom stereocenters. The number of ether oxygens (including phenoxy) is 3. The zero-order valence-electron chi connectivity index (χ0n) is 19.9. The van der Waals surface area contributed by atoms with E-state index < -0.39 is 26.1 Å². The minimum atomic E-state index is -3.88. The molecule has 1 aliphatic heterocycles. The molecule has 1 unspecified atom stereocenters. The maximum atomic E-state index is 12.9. The second-order valence-corrected chi connectivity index (χ2v) is 9.25. The van der Waals surface area contributed by atoms with E-state index in [9.17, 15) is 14.2 Å². The lowest BCUT2D eigenvalue weighted by Crippen LogP contribution is -2.18. The highest BCUT2D eigenvalue weighted by Crippen LogP contribution is 2.50. The number of phosphoric ester groups is 1. The molecule has 1 aliphatic rings. The van der Waals surface area contributed by atoms with Crippen LogP contribution in [0.15, 0.2) is 6.33 Å². The van der Waals surface area contributed by atoms with Gasteiger partial charge in [0.2, 0.25) is 5.95 Å². The van der Waals surface area contributed by atoms with Gasteiger partial charge in [-0.2, -0.15) is 9.97 Å². The molecule has 1 saturated heterocycles. The van der Waals surface area contributed by atoms with Crippen molar-refractivity contribution in [1.82, 2.24) is 19.5 Å². The molecular formula is C20H30N5O9P. The molecular weight excluding hydrogens is 485 g/mol. The van der Waals surface area contributed by atoms with Gasteiger partial charge in [-0.05, 0) is 19.3 Å². The van der Waals surface area contributed by atoms with E-state index in [1.807, 2.05) is 6.92 Å². The lowest BCUT2D eigenvalue weighted by molar-refractivity contribution is -0.144. The van der Waals surface area contributed by atoms with Gasteiger partial charge >= 0.3 is 19.8 Å². The molecule has 0 aromatic carbocycles. The molecule has 2 aromatic rings. The van der Waals surface area contributed by atoms with Crippen LogP contribution in [-0.4, -0.2) is 64.0 Å². The topological polar surface area (TPSA) is 176 Å². The Hall–Kier alpha value is -2.64. The van der Waals surface area contributed by atoms with Crippen LogP contribution >= 0.6 is 7.82 Å². The van der Waals surface area contributed by atoms with E-state index in [1.54, 1.807) is 11.5 Å². The second-order valence-electron chi connectivity index (χ2n) is 7.58. The van der Waals surface area contributed by atoms with E-state index in [-0.39, 0.29) is 56.2 Å². The minimum Gasteiger partial charge on any atom is -0.463 e. The van der Waals surface area contributed by atoms with Gasteiger partial charge in [0.1, 0.15) is 12.8 Å². The van der Waals surface area contributed by atoms with E-state index in [0.29, 0.717) is 24.9 Å². The third-order valence-corrected chi connectivity index (χ3v) is 6.26. The Labute approximate surface area is 202 Å². The third-order valence-electron chi connectivity index (χ3n) is 4.80. The average molecular weight is 515 g/mol. The molecule has 0 spiro atoms. The van der Waals surface area contributed by atoms with Gasteiger partial charge in [-0.25, -0.2) is 9.55 Å². The highest BCUT2D eigenvalue weighted by Gasteiger charge is 2.33. The fraction of sp³-hybridized carbons (Fsp3) is 0.650. The average Bonchev–Trinajstić information content (AvgIpc) is 3.45. The molecule has 14 nitrogen and oxygen atoms in total. The first-order chi connectivity index (χ1) is 16.7. The predicted octanol–water partition coefficient (Wildman–Crippen LogP) is 2.53. The maximum Gasteiger partial charge on any atom is 0.474 e. The van der Waals surface area contributed by atoms with Crippen molar-refractivity contribution in [2.24, 2.45) is 0 Å². The summed E-state index contributed by atoms with van der Waals surface area (Å²) in [6, 6.07) is 0. The van der Waals surface area contributed by atoms with Crippen molar-refractivity contribution in [2.45, 2.75) is 58.8 Å². The molecule has 0 radical (unpaired) electrons. The Morgan fingerprint density at radius 3 is 2.66 bits per heavy atom. The molecule has 1 fully saturated rings. The maximum absolute atomic E-state index is 12.9. The van der Waals surface area contributed by atoms with Crippen LogP contribution in [0.3, 0.4) is 0 Å². The van der Waals surface area contributed by atoms with Gasteiger partial charge in [0, 0.05) is 13.3 Å². The first-order valence-electron chi connectivity index (χ1n) is 11.3. The standard InChI is InChI=1S/C20H30N5O9P/c1-4-8-30-35(28,31-10-9-29-16(27)5-2)32-11-14-6-7-15(34-14)25-12-22-17-18(25)23-20(21)24-19(17)33-13(3)26/h12,14-15H,4-11H2,1-3H3,(H2,21,23,24)/t14-,15+,35?/m0/s1. The number of nitrogens with zero attached hydrogens (tertiary/aromatic N) is 4. The number of hydrogen-bond donors (Lipinski definition) is 1. The van der Waals surface area contributed by atoms with E-state index in [2.05, 4.69) is 15.0 Å². The van der Waals surface area contributed by atoms with Crippen molar-refractivity contribution in [3.8, 4) is 5.88 Å². The van der Waals surface area contributed by atoms with Crippen LogP contribution in [0.1, 0.15) is 52.7 Å². The largest absolute Gasteiger partial charge is 0.474 e. The highest BCUT2D eigenvalue weighted by atomic mass is 31.2. The summed E-state index contributed by atoms with van der Waals surface area (Å²) in [4.78, 5) is 34.9. The molecule has 3 heterocycles. The molecule has 0 saturated carbocycles. The molecule has 194 valence electrons. The molecule has 2 N–H and O–H groups in total. The summed E-state index contributed by atoms with van der Waals surface area (Å²) in [6.45, 7) is 4.71. The Kier molecular flexibility index (Phi) is 9.52. The van der Waals surface area contributed by atoms with Gasteiger partial charge < -0.3 is 19.9 Å². The molecule has 35 heavy (non-hydrogen) atoms. The molecule has 2 aromatic heterocycles. The highest BCUT2D eigenvalue weighted by molar-refractivity contribution is 7.48. The van der Waals surface area contributed by atoms with Gasteiger partial charge in [-0.15, -0.1) is 0 Å². The predicted molar refractivity (Wildman–Crippen MR) is 121 cm³/mol. The lowest BCUT2D eigenvalue weighted by atomic mass is 10.2. The lowest BCUT2D eigenvalue weighted by Gasteiger charge is -2.20. The van der Waals surface area contributed by atoms with Crippen LogP contribution in [0.25, 0.3) is 11.2 Å². The van der Waals surface area contributed by atoms with Crippen LogP contribution in [0.4, 0.5) is 5.95 Å². The summed E-state index contributed by atoms with van der Waals surface area (Å²) < 4.78 is 46.7. The fourth-order valence-electron chi connectivity index (χ4n) is 3.23. The summed E-state index contributed by atoms with van der Waals surface area (Å²) in [5.74, 6) is -1.06. The molecule has 15 heteroatoms. The molecule has 0 aliphatic carbocycles. The number of rotatable bonds is 13. The first kappa shape index (κ1) is 27.0. The van der Waals surface area contributed by atoms with Gasteiger partial charge in [0.15, 0.2) is 11.2 Å². The Bertz CT molecular complexity index is 1080. The number of carbonyl (C=O) groups is 2. The van der Waals surface area contributed by atoms with Crippen LogP contribution in [0.5, 0.6) is 5.88 Å². The summed E-state index contributed by atoms with van der Waals surface area (Å²) in [7, 11) is -3.88. The van der Waals surface area contributed by atoms with Gasteiger partial charge in [-0.1, -0.05) is 13.8 Å². The summed E-state index contributed by atoms with van der Waals surface area (Å²) >= 11 is 0. The van der Waals surface area contributed by atoms with Gasteiger partial charge in [-0.3, -0.25) is 27.7 Å². The number of anilines is 1. The van der Waals surface area contributed by atoms with Crippen molar-refractivity contribution in [3.63, 3.8) is 0 Å². The van der Waals surface area contributed by atoms with Crippen LogP contribution in [0.2, 0.25) is 0 Å². The van der Waals surface area contributed by atoms with Gasteiger partial charge in [0.05, 0.1) is 32.3 Å². The van der Waals surface area contributed by atoms with Crippen LogP contribution < -0.4 is 10.5 Å². The zero-order chi connectivity index (χ0) is 25.4. The number of esters is 2. The van der Waals surface area contributed by atoms with E-state index in [0.717, 1.165) is 0 Å². The van der Waals surface area contributed by atoms with Gasteiger partial charge in [0.25, 0.3) is 5.88 Å². The monoisotopic (exact) mass is 515 g/mol. The number of hydrogen-bond acceptors (Lipinski definition) is 13. The molecule has 0 amide bonds. The number of phosphoric acid groups is 1. The Morgan fingerprint density at radius 1 is 1.17 bits per heavy atom. The van der Waals surface area contributed by atoms with Crippen molar-refractivity contribution >= 4 is 36.9 Å². The third kappa shape index (κ3) is 7.42. The van der Waals surface area contributed by atoms with Crippen LogP contribution in [0, 0.1) is 0 Å². The summed E-state index contributed by atoms with van der Waals surface area (Å²) in [5, 5.41) is 0. The van der Waals surface area contributed by atoms with Crippen molar-refractivity contribution in [2.75, 3.05) is 32.2 Å². The molecule has 3 rings (SSSR count). The number of nitrogen functional groups attached to an aromatic ring is 1. The SMILES string of the molecule is CCCOP(=O)(OCCOC(=O)CC)OC[C@@H]1CC[C@H](n2cnc3c(OC(C)=O)nc(N)nc32)O1. The van der Waals surface area contributed by atoms with E-state index >= 15 is 0 Å².